The third kappa shape index (κ3) is 2.22. The van der Waals surface area contributed by atoms with Crippen molar-refractivity contribution in [2.45, 2.75) is 12.8 Å². The molecule has 0 bridgehead atoms. The molecule has 0 atom stereocenters. The molecular formula is C9H8N4O2. The molecule has 0 unspecified atom stereocenters. The van der Waals surface area contributed by atoms with Gasteiger partial charge in [0.25, 0.3) is 0 Å². The van der Waals surface area contributed by atoms with Gasteiger partial charge < -0.3 is 5.11 Å². The second kappa shape index (κ2) is 3.95. The van der Waals surface area contributed by atoms with Crippen LogP contribution < -0.4 is 0 Å². The smallest absolute Gasteiger partial charge is 0.303 e. The van der Waals surface area contributed by atoms with E-state index in [4.69, 9.17) is 5.11 Å². The van der Waals surface area contributed by atoms with Crippen LogP contribution in [0.3, 0.4) is 0 Å². The van der Waals surface area contributed by atoms with Crippen molar-refractivity contribution in [3.05, 3.63) is 24.4 Å². The fourth-order valence-corrected chi connectivity index (χ4v) is 1.17. The molecule has 0 aliphatic carbocycles. The lowest BCUT2D eigenvalue weighted by Gasteiger charge is -1.98. The van der Waals surface area contributed by atoms with E-state index in [2.05, 4.69) is 19.9 Å². The van der Waals surface area contributed by atoms with Gasteiger partial charge in [0.05, 0.1) is 24.5 Å². The maximum absolute atomic E-state index is 10.4. The monoisotopic (exact) mass is 204 g/mol. The third-order valence-corrected chi connectivity index (χ3v) is 1.87. The Hall–Kier alpha value is -2.11. The van der Waals surface area contributed by atoms with Crippen molar-refractivity contribution in [3.8, 4) is 0 Å². The highest BCUT2D eigenvalue weighted by Crippen LogP contribution is 2.05. The molecule has 2 aromatic heterocycles. The number of aliphatic carboxylic acids is 1. The quantitative estimate of drug-likeness (QED) is 0.780. The number of hydrogen-bond acceptors (Lipinski definition) is 5. The predicted molar refractivity (Wildman–Crippen MR) is 51.1 cm³/mol. The van der Waals surface area contributed by atoms with E-state index < -0.39 is 5.97 Å². The van der Waals surface area contributed by atoms with Gasteiger partial charge in [-0.25, -0.2) is 19.9 Å². The molecular weight excluding hydrogens is 196 g/mol. The first kappa shape index (κ1) is 9.45. The fraction of sp³-hybridized carbons (Fsp3) is 0.222. The standard InChI is InChI=1S/C9H8N4O2/c14-8(15)2-1-6-3-11-9-7(13-6)4-10-5-12-9/h3-5H,1-2H2,(H,14,15). The van der Waals surface area contributed by atoms with Gasteiger partial charge in [0.1, 0.15) is 11.8 Å². The number of nitrogens with zero attached hydrogens (tertiary/aromatic N) is 4. The van der Waals surface area contributed by atoms with Crippen LogP contribution in [-0.4, -0.2) is 31.0 Å². The molecule has 0 saturated carbocycles. The van der Waals surface area contributed by atoms with E-state index in [1.165, 1.54) is 12.5 Å². The van der Waals surface area contributed by atoms with Gasteiger partial charge in [-0.2, -0.15) is 0 Å². The third-order valence-electron chi connectivity index (χ3n) is 1.87. The average Bonchev–Trinajstić information content (AvgIpc) is 2.26. The Morgan fingerprint density at radius 1 is 1.33 bits per heavy atom. The summed E-state index contributed by atoms with van der Waals surface area (Å²) in [5.74, 6) is -0.846. The first-order valence-electron chi connectivity index (χ1n) is 4.39. The molecule has 2 aromatic rings. The molecule has 2 heterocycles. The van der Waals surface area contributed by atoms with Crippen LogP contribution in [0.4, 0.5) is 0 Å². The first-order valence-corrected chi connectivity index (χ1v) is 4.39. The molecule has 0 aliphatic heterocycles. The van der Waals surface area contributed by atoms with Crippen molar-refractivity contribution in [1.82, 2.24) is 19.9 Å². The summed E-state index contributed by atoms with van der Waals surface area (Å²) in [6.07, 6.45) is 4.91. The zero-order chi connectivity index (χ0) is 10.7. The maximum atomic E-state index is 10.4. The lowest BCUT2D eigenvalue weighted by molar-refractivity contribution is -0.136. The van der Waals surface area contributed by atoms with Gasteiger partial charge in [-0.3, -0.25) is 4.79 Å². The summed E-state index contributed by atoms with van der Waals surface area (Å²) in [5.41, 5.74) is 1.74. The molecule has 6 nitrogen and oxygen atoms in total. The fourth-order valence-electron chi connectivity index (χ4n) is 1.17. The van der Waals surface area contributed by atoms with Crippen molar-refractivity contribution < 1.29 is 9.90 Å². The Labute approximate surface area is 85.0 Å². The zero-order valence-electron chi connectivity index (χ0n) is 7.79. The normalized spacial score (nSPS) is 10.4. The summed E-state index contributed by atoms with van der Waals surface area (Å²) < 4.78 is 0. The molecule has 0 aliphatic rings. The second-order valence-electron chi connectivity index (χ2n) is 2.99. The Kier molecular flexibility index (Phi) is 2.49. The van der Waals surface area contributed by atoms with Crippen LogP contribution in [0.25, 0.3) is 11.2 Å². The molecule has 15 heavy (non-hydrogen) atoms. The van der Waals surface area contributed by atoms with Crippen LogP contribution in [0.15, 0.2) is 18.7 Å². The summed E-state index contributed by atoms with van der Waals surface area (Å²) in [5, 5.41) is 8.52. The Morgan fingerprint density at radius 3 is 3.00 bits per heavy atom. The van der Waals surface area contributed by atoms with Gasteiger partial charge in [0, 0.05) is 6.42 Å². The van der Waals surface area contributed by atoms with Gasteiger partial charge in [0.15, 0.2) is 5.65 Å². The highest BCUT2D eigenvalue weighted by Gasteiger charge is 2.03. The van der Waals surface area contributed by atoms with Gasteiger partial charge in [-0.15, -0.1) is 0 Å². The van der Waals surface area contributed by atoms with E-state index in [0.717, 1.165) is 0 Å². The van der Waals surface area contributed by atoms with Gasteiger partial charge in [0.2, 0.25) is 0 Å². The van der Waals surface area contributed by atoms with Gasteiger partial charge in [-0.1, -0.05) is 0 Å². The molecule has 0 amide bonds. The molecule has 2 rings (SSSR count). The average molecular weight is 204 g/mol. The van der Waals surface area contributed by atoms with Gasteiger partial charge >= 0.3 is 5.97 Å². The molecule has 0 aromatic carbocycles. The summed E-state index contributed by atoms with van der Waals surface area (Å²) in [6, 6.07) is 0. The second-order valence-corrected chi connectivity index (χ2v) is 2.99. The van der Waals surface area contributed by atoms with Crippen LogP contribution >= 0.6 is 0 Å². The molecule has 0 fully saturated rings. The summed E-state index contributed by atoms with van der Waals surface area (Å²) in [7, 11) is 0. The van der Waals surface area contributed by atoms with Crippen LogP contribution in [0.2, 0.25) is 0 Å². The maximum Gasteiger partial charge on any atom is 0.303 e. The van der Waals surface area contributed by atoms with Crippen LogP contribution in [0, 0.1) is 0 Å². The van der Waals surface area contributed by atoms with Crippen molar-refractivity contribution in [2.24, 2.45) is 0 Å². The van der Waals surface area contributed by atoms with Gasteiger partial charge in [-0.05, 0) is 0 Å². The molecule has 0 saturated heterocycles. The van der Waals surface area contributed by atoms with Crippen LogP contribution in [0.5, 0.6) is 0 Å². The number of rotatable bonds is 3. The lowest BCUT2D eigenvalue weighted by atomic mass is 10.2. The van der Waals surface area contributed by atoms with Crippen molar-refractivity contribution in [3.63, 3.8) is 0 Å². The topological polar surface area (TPSA) is 88.9 Å². The number of aryl methyl sites for hydroxylation is 1. The number of carbonyl (C=O) groups is 1. The molecule has 6 heteroatoms. The van der Waals surface area contributed by atoms with Crippen molar-refractivity contribution in [2.75, 3.05) is 0 Å². The van der Waals surface area contributed by atoms with Crippen LogP contribution in [-0.2, 0) is 11.2 Å². The minimum atomic E-state index is -0.846. The van der Waals surface area contributed by atoms with E-state index in [0.29, 0.717) is 23.3 Å². The minimum Gasteiger partial charge on any atom is -0.481 e. The highest BCUT2D eigenvalue weighted by atomic mass is 16.4. The predicted octanol–water partition coefficient (Wildman–Crippen LogP) is 0.437. The van der Waals surface area contributed by atoms with Crippen molar-refractivity contribution >= 4 is 17.1 Å². The Bertz CT molecular complexity index is 500. The van der Waals surface area contributed by atoms with Crippen molar-refractivity contribution in [1.29, 1.82) is 0 Å². The zero-order valence-corrected chi connectivity index (χ0v) is 7.79. The Balaban J connectivity index is 2.26. The molecule has 1 N–H and O–H groups in total. The van der Waals surface area contributed by atoms with Crippen LogP contribution in [0.1, 0.15) is 12.1 Å². The summed E-state index contributed by atoms with van der Waals surface area (Å²) in [4.78, 5) is 26.3. The number of hydrogen-bond donors (Lipinski definition) is 1. The van der Waals surface area contributed by atoms with E-state index in [1.807, 2.05) is 0 Å². The summed E-state index contributed by atoms with van der Waals surface area (Å²) >= 11 is 0. The number of fused-ring (bicyclic) bond motifs is 1. The number of carboxylic acids is 1. The highest BCUT2D eigenvalue weighted by molar-refractivity contribution is 5.68. The Morgan fingerprint density at radius 2 is 2.20 bits per heavy atom. The SMILES string of the molecule is O=C(O)CCc1cnc2ncncc2n1. The first-order chi connectivity index (χ1) is 7.25. The number of aromatic nitrogens is 4. The molecule has 0 spiro atoms. The summed E-state index contributed by atoms with van der Waals surface area (Å²) in [6.45, 7) is 0. The number of carboxylic acid groups (broad SMARTS) is 1. The van der Waals surface area contributed by atoms with E-state index in [-0.39, 0.29) is 6.42 Å². The minimum absolute atomic E-state index is 0.0495. The largest absolute Gasteiger partial charge is 0.481 e. The van der Waals surface area contributed by atoms with E-state index in [9.17, 15) is 4.79 Å². The van der Waals surface area contributed by atoms with E-state index in [1.54, 1.807) is 6.20 Å². The van der Waals surface area contributed by atoms with E-state index >= 15 is 0 Å². The molecule has 76 valence electrons. The lowest BCUT2D eigenvalue weighted by Crippen LogP contribution is -2.00. The molecule has 0 radical (unpaired) electrons.